The third kappa shape index (κ3) is 5.18. The summed E-state index contributed by atoms with van der Waals surface area (Å²) in [6.07, 6.45) is 0. The van der Waals surface area contributed by atoms with Crippen molar-refractivity contribution in [3.63, 3.8) is 0 Å². The van der Waals surface area contributed by atoms with Gasteiger partial charge in [0.2, 0.25) is 0 Å². The van der Waals surface area contributed by atoms with E-state index in [2.05, 4.69) is 5.32 Å². The number of nitriles is 1. The van der Waals surface area contributed by atoms with Gasteiger partial charge in [-0.15, -0.1) is 0 Å². The minimum absolute atomic E-state index is 0.251. The number of benzene rings is 3. The standard InChI is InChI=1S/C22H14ClFN2O3/c23-17-6-1-16(12-25)20(11-17)26-21(27)13-29-19-9-4-15(5-10-19)22(28)14-2-7-18(24)8-3-14/h1-11H,13H2,(H,26,27). The highest BCUT2D eigenvalue weighted by Crippen LogP contribution is 2.21. The van der Waals surface area contributed by atoms with Gasteiger partial charge < -0.3 is 10.1 Å². The number of rotatable bonds is 6. The number of anilines is 1. The second-order valence-corrected chi connectivity index (χ2v) is 6.44. The molecule has 0 saturated heterocycles. The van der Waals surface area contributed by atoms with Crippen LogP contribution in [0.15, 0.2) is 66.7 Å². The average molecular weight is 409 g/mol. The molecule has 3 aromatic rings. The zero-order valence-corrected chi connectivity index (χ0v) is 15.7. The molecule has 0 aromatic heterocycles. The minimum atomic E-state index is -0.463. The van der Waals surface area contributed by atoms with Crippen molar-refractivity contribution < 1.29 is 18.7 Å². The molecule has 0 saturated carbocycles. The first-order valence-electron chi connectivity index (χ1n) is 8.49. The number of ketones is 1. The number of nitrogens with zero attached hydrogens (tertiary/aromatic N) is 1. The molecule has 3 rings (SSSR count). The summed E-state index contributed by atoms with van der Waals surface area (Å²) in [6.45, 7) is -0.289. The molecule has 0 radical (unpaired) electrons. The Morgan fingerprint density at radius 3 is 2.24 bits per heavy atom. The van der Waals surface area contributed by atoms with Crippen molar-refractivity contribution in [3.05, 3.63) is 94.3 Å². The van der Waals surface area contributed by atoms with Gasteiger partial charge in [0.1, 0.15) is 17.6 Å². The average Bonchev–Trinajstić information content (AvgIpc) is 2.73. The molecule has 0 aliphatic rings. The Morgan fingerprint density at radius 2 is 1.62 bits per heavy atom. The highest BCUT2D eigenvalue weighted by atomic mass is 35.5. The summed E-state index contributed by atoms with van der Waals surface area (Å²) in [5.74, 6) is -0.736. The van der Waals surface area contributed by atoms with Gasteiger partial charge in [-0.1, -0.05) is 11.6 Å². The van der Waals surface area contributed by atoms with E-state index in [0.29, 0.717) is 27.6 Å². The Hall–Kier alpha value is -3.69. The van der Waals surface area contributed by atoms with Crippen molar-refractivity contribution in [1.29, 1.82) is 5.26 Å². The lowest BCUT2D eigenvalue weighted by Gasteiger charge is -2.09. The summed E-state index contributed by atoms with van der Waals surface area (Å²) in [4.78, 5) is 24.4. The Kier molecular flexibility index (Phi) is 6.22. The van der Waals surface area contributed by atoms with Gasteiger partial charge in [0.05, 0.1) is 11.3 Å². The van der Waals surface area contributed by atoms with Gasteiger partial charge in [-0.05, 0) is 66.7 Å². The number of hydrogen-bond donors (Lipinski definition) is 1. The van der Waals surface area contributed by atoms with Gasteiger partial charge in [0.15, 0.2) is 12.4 Å². The normalized spacial score (nSPS) is 10.1. The van der Waals surface area contributed by atoms with Gasteiger partial charge in [-0.3, -0.25) is 9.59 Å². The topological polar surface area (TPSA) is 79.2 Å². The van der Waals surface area contributed by atoms with Crippen LogP contribution < -0.4 is 10.1 Å². The van der Waals surface area contributed by atoms with Crippen LogP contribution in [-0.2, 0) is 4.79 Å². The molecule has 0 aliphatic heterocycles. The van der Waals surface area contributed by atoms with Gasteiger partial charge in [0, 0.05) is 16.1 Å². The summed E-state index contributed by atoms with van der Waals surface area (Å²) >= 11 is 5.88. The van der Waals surface area contributed by atoms with E-state index in [1.54, 1.807) is 30.3 Å². The minimum Gasteiger partial charge on any atom is -0.484 e. The van der Waals surface area contributed by atoms with Crippen LogP contribution in [0.1, 0.15) is 21.5 Å². The zero-order chi connectivity index (χ0) is 20.8. The second kappa shape index (κ2) is 9.00. The van der Waals surface area contributed by atoms with Crippen molar-refractivity contribution in [2.24, 2.45) is 0 Å². The number of nitrogens with one attached hydrogen (secondary N) is 1. The number of amides is 1. The van der Waals surface area contributed by atoms with E-state index in [0.717, 1.165) is 0 Å². The largest absolute Gasteiger partial charge is 0.484 e. The molecule has 5 nitrogen and oxygen atoms in total. The van der Waals surface area contributed by atoms with E-state index >= 15 is 0 Å². The first-order chi connectivity index (χ1) is 14.0. The summed E-state index contributed by atoms with van der Waals surface area (Å²) in [7, 11) is 0. The molecule has 0 fully saturated rings. The molecule has 1 N–H and O–H groups in total. The predicted octanol–water partition coefficient (Wildman–Crippen LogP) is 4.60. The van der Waals surface area contributed by atoms with Gasteiger partial charge in [-0.25, -0.2) is 4.39 Å². The first-order valence-corrected chi connectivity index (χ1v) is 8.86. The summed E-state index contributed by atoms with van der Waals surface area (Å²) in [6, 6.07) is 18.0. The summed E-state index contributed by atoms with van der Waals surface area (Å²) < 4.78 is 18.4. The van der Waals surface area contributed by atoms with Crippen molar-refractivity contribution in [1.82, 2.24) is 0 Å². The number of carbonyl (C=O) groups is 2. The number of hydrogen-bond acceptors (Lipinski definition) is 4. The molecular formula is C22H14ClFN2O3. The van der Waals surface area contributed by atoms with Gasteiger partial charge in [0.25, 0.3) is 5.91 Å². The van der Waals surface area contributed by atoms with Crippen molar-refractivity contribution >= 4 is 29.0 Å². The predicted molar refractivity (Wildman–Crippen MR) is 107 cm³/mol. The zero-order valence-electron chi connectivity index (χ0n) is 15.0. The van der Waals surface area contributed by atoms with E-state index in [9.17, 15) is 14.0 Å². The lowest BCUT2D eigenvalue weighted by molar-refractivity contribution is -0.118. The fourth-order valence-electron chi connectivity index (χ4n) is 2.52. The van der Waals surface area contributed by atoms with E-state index in [1.165, 1.54) is 36.4 Å². The molecule has 0 bridgehead atoms. The van der Waals surface area contributed by atoms with E-state index < -0.39 is 11.7 Å². The molecule has 0 unspecified atom stereocenters. The Bertz CT molecular complexity index is 1090. The Labute approximate surface area is 171 Å². The molecule has 29 heavy (non-hydrogen) atoms. The molecule has 1 amide bonds. The van der Waals surface area contributed by atoms with Crippen LogP contribution >= 0.6 is 11.6 Å². The highest BCUT2D eigenvalue weighted by Gasteiger charge is 2.11. The molecule has 144 valence electrons. The quantitative estimate of drug-likeness (QED) is 0.604. The van der Waals surface area contributed by atoms with E-state index in [-0.39, 0.29) is 18.0 Å². The lowest BCUT2D eigenvalue weighted by Crippen LogP contribution is -2.20. The maximum Gasteiger partial charge on any atom is 0.262 e. The smallest absolute Gasteiger partial charge is 0.262 e. The van der Waals surface area contributed by atoms with E-state index in [1.807, 2.05) is 6.07 Å². The van der Waals surface area contributed by atoms with Crippen LogP contribution in [-0.4, -0.2) is 18.3 Å². The van der Waals surface area contributed by atoms with Crippen molar-refractivity contribution in [2.75, 3.05) is 11.9 Å². The Balaban J connectivity index is 1.60. The number of carbonyl (C=O) groups excluding carboxylic acids is 2. The number of ether oxygens (including phenoxy) is 1. The molecule has 3 aromatic carbocycles. The maximum absolute atomic E-state index is 13.0. The van der Waals surface area contributed by atoms with Crippen LogP contribution in [0.4, 0.5) is 10.1 Å². The third-order valence-corrected chi connectivity index (χ3v) is 4.20. The van der Waals surface area contributed by atoms with Crippen molar-refractivity contribution in [3.8, 4) is 11.8 Å². The monoisotopic (exact) mass is 408 g/mol. The first kappa shape index (κ1) is 20.1. The van der Waals surface area contributed by atoms with Gasteiger partial charge in [-0.2, -0.15) is 5.26 Å². The third-order valence-electron chi connectivity index (χ3n) is 3.97. The van der Waals surface area contributed by atoms with Crippen LogP contribution in [0.2, 0.25) is 5.02 Å². The summed E-state index contributed by atoms with van der Waals surface area (Å²) in [5.41, 5.74) is 1.36. The van der Waals surface area contributed by atoms with Crippen LogP contribution in [0.5, 0.6) is 5.75 Å². The molecule has 0 heterocycles. The SMILES string of the molecule is N#Cc1ccc(Cl)cc1NC(=O)COc1ccc(C(=O)c2ccc(F)cc2)cc1. The molecule has 0 spiro atoms. The lowest BCUT2D eigenvalue weighted by atomic mass is 10.0. The number of halogens is 2. The van der Waals surface area contributed by atoms with Crippen LogP contribution in [0.25, 0.3) is 0 Å². The maximum atomic E-state index is 13.0. The van der Waals surface area contributed by atoms with Gasteiger partial charge >= 0.3 is 0 Å². The molecule has 0 atom stereocenters. The fourth-order valence-corrected chi connectivity index (χ4v) is 2.70. The van der Waals surface area contributed by atoms with Crippen LogP contribution in [0.3, 0.4) is 0 Å². The fraction of sp³-hybridized carbons (Fsp3) is 0.0455. The van der Waals surface area contributed by atoms with E-state index in [4.69, 9.17) is 21.6 Å². The molecular weight excluding hydrogens is 395 g/mol. The second-order valence-electron chi connectivity index (χ2n) is 6.00. The summed E-state index contributed by atoms with van der Waals surface area (Å²) in [5, 5.41) is 12.0. The highest BCUT2D eigenvalue weighted by molar-refractivity contribution is 6.31. The van der Waals surface area contributed by atoms with Crippen LogP contribution in [0, 0.1) is 17.1 Å². The Morgan fingerprint density at radius 1 is 1.00 bits per heavy atom. The molecule has 0 aliphatic carbocycles. The molecule has 7 heteroatoms. The van der Waals surface area contributed by atoms with Crippen molar-refractivity contribution in [2.45, 2.75) is 0 Å².